The standard InChI is InChI=1S/C17H28OSe/c1-19-16(10-5-11-16)17(18)13-12-15(17)9-4-8-14(15)6-2-3-7-14/h18H,2-13H2,1H3/t15-,17-/m0/s1. The Morgan fingerprint density at radius 2 is 1.37 bits per heavy atom. The van der Waals surface area contributed by atoms with E-state index in [2.05, 4.69) is 5.82 Å². The second kappa shape index (κ2) is 4.02. The molecular formula is C17H28OSe. The first-order valence-electron chi connectivity index (χ1n) is 8.41. The molecule has 4 aliphatic rings. The van der Waals surface area contributed by atoms with Gasteiger partial charge in [-0.3, -0.25) is 0 Å². The maximum absolute atomic E-state index is 11.8. The predicted octanol–water partition coefficient (Wildman–Crippen LogP) is 4.34. The quantitative estimate of drug-likeness (QED) is 0.748. The molecule has 0 amide bonds. The summed E-state index contributed by atoms with van der Waals surface area (Å²) in [4.78, 5) is 0. The SMILES string of the molecule is C[Se]C1([C@]2(O)CC[C@]23CCCC32CCCC2)CCC1. The molecule has 0 unspecified atom stereocenters. The Labute approximate surface area is 124 Å². The van der Waals surface area contributed by atoms with Crippen molar-refractivity contribution in [3.05, 3.63) is 0 Å². The van der Waals surface area contributed by atoms with E-state index < -0.39 is 0 Å². The van der Waals surface area contributed by atoms with Gasteiger partial charge in [0.2, 0.25) is 0 Å². The van der Waals surface area contributed by atoms with E-state index in [1.165, 1.54) is 70.6 Å². The average Bonchev–Trinajstić information content (AvgIpc) is 2.97. The summed E-state index contributed by atoms with van der Waals surface area (Å²) in [5.41, 5.74) is 0.663. The number of hydrogen-bond acceptors (Lipinski definition) is 1. The van der Waals surface area contributed by atoms with Crippen molar-refractivity contribution in [1.82, 2.24) is 0 Å². The Balaban J connectivity index is 1.74. The van der Waals surface area contributed by atoms with Gasteiger partial charge in [0.25, 0.3) is 0 Å². The molecule has 0 aromatic carbocycles. The third-order valence-corrected chi connectivity index (χ3v) is 11.1. The van der Waals surface area contributed by atoms with Crippen molar-refractivity contribution in [2.45, 2.75) is 92.8 Å². The van der Waals surface area contributed by atoms with Gasteiger partial charge in [0.05, 0.1) is 0 Å². The van der Waals surface area contributed by atoms with Crippen LogP contribution in [0.5, 0.6) is 0 Å². The third-order valence-electron chi connectivity index (χ3n) is 7.85. The van der Waals surface area contributed by atoms with Crippen LogP contribution < -0.4 is 0 Å². The topological polar surface area (TPSA) is 20.2 Å². The van der Waals surface area contributed by atoms with Crippen molar-refractivity contribution in [3.8, 4) is 0 Å². The molecule has 0 saturated heterocycles. The number of aliphatic hydroxyl groups is 1. The molecule has 2 spiro atoms. The Morgan fingerprint density at radius 3 is 1.84 bits per heavy atom. The van der Waals surface area contributed by atoms with Crippen LogP contribution in [0.2, 0.25) is 10.1 Å². The molecule has 4 aliphatic carbocycles. The van der Waals surface area contributed by atoms with Crippen molar-refractivity contribution in [1.29, 1.82) is 0 Å². The summed E-state index contributed by atoms with van der Waals surface area (Å²) in [5, 5.41) is 11.8. The molecular weight excluding hydrogens is 299 g/mol. The summed E-state index contributed by atoms with van der Waals surface area (Å²) in [7, 11) is 0. The van der Waals surface area contributed by atoms with Gasteiger partial charge in [-0.25, -0.2) is 0 Å². The zero-order valence-corrected chi connectivity index (χ0v) is 14.1. The molecule has 0 heterocycles. The Morgan fingerprint density at radius 1 is 0.737 bits per heavy atom. The predicted molar refractivity (Wildman–Crippen MR) is 79.5 cm³/mol. The molecule has 2 atom stereocenters. The molecule has 4 rings (SSSR count). The van der Waals surface area contributed by atoms with E-state index in [9.17, 15) is 5.11 Å². The van der Waals surface area contributed by atoms with Gasteiger partial charge >= 0.3 is 124 Å². The van der Waals surface area contributed by atoms with E-state index in [4.69, 9.17) is 0 Å². The van der Waals surface area contributed by atoms with Gasteiger partial charge in [0.15, 0.2) is 0 Å². The van der Waals surface area contributed by atoms with Crippen LogP contribution in [0.1, 0.15) is 77.0 Å². The summed E-state index contributed by atoms with van der Waals surface area (Å²) < 4.78 is 0.373. The molecule has 4 fully saturated rings. The van der Waals surface area contributed by atoms with Crippen LogP contribution in [0.15, 0.2) is 0 Å². The zero-order chi connectivity index (χ0) is 13.2. The van der Waals surface area contributed by atoms with E-state index in [0.29, 0.717) is 30.1 Å². The van der Waals surface area contributed by atoms with Crippen molar-refractivity contribution >= 4 is 15.0 Å². The first kappa shape index (κ1) is 13.2. The maximum atomic E-state index is 11.8. The third kappa shape index (κ3) is 1.29. The van der Waals surface area contributed by atoms with Gasteiger partial charge in [-0.15, -0.1) is 0 Å². The number of rotatable bonds is 2. The first-order valence-corrected chi connectivity index (χ1v) is 11.0. The Hall–Kier alpha value is 0.479. The molecule has 4 saturated carbocycles. The minimum absolute atomic E-state index is 0.256. The summed E-state index contributed by atoms with van der Waals surface area (Å²) in [6, 6.07) is 0. The monoisotopic (exact) mass is 328 g/mol. The summed E-state index contributed by atoms with van der Waals surface area (Å²) in [6.07, 6.45) is 16.4. The fourth-order valence-corrected chi connectivity index (χ4v) is 9.46. The van der Waals surface area contributed by atoms with Crippen LogP contribution in [-0.4, -0.2) is 25.7 Å². The van der Waals surface area contributed by atoms with Crippen molar-refractivity contribution in [2.75, 3.05) is 0 Å². The molecule has 0 aliphatic heterocycles. The van der Waals surface area contributed by atoms with Crippen LogP contribution in [0, 0.1) is 10.8 Å². The normalized spacial score (nSPS) is 46.4. The fraction of sp³-hybridized carbons (Fsp3) is 1.00. The fourth-order valence-electron chi connectivity index (χ4n) is 6.66. The van der Waals surface area contributed by atoms with Gasteiger partial charge in [0, 0.05) is 0 Å². The van der Waals surface area contributed by atoms with Gasteiger partial charge < -0.3 is 0 Å². The summed E-state index contributed by atoms with van der Waals surface area (Å²) >= 11 is 0.621. The van der Waals surface area contributed by atoms with Crippen LogP contribution in [-0.2, 0) is 0 Å². The van der Waals surface area contributed by atoms with Crippen LogP contribution >= 0.6 is 0 Å². The molecule has 2 heteroatoms. The number of fused-ring (bicyclic) bond motifs is 1. The van der Waals surface area contributed by atoms with E-state index in [0.717, 1.165) is 6.42 Å². The number of hydrogen-bond donors (Lipinski definition) is 1. The molecule has 1 N–H and O–H groups in total. The second-order valence-corrected chi connectivity index (χ2v) is 10.3. The van der Waals surface area contributed by atoms with Gasteiger partial charge in [-0.1, -0.05) is 0 Å². The Kier molecular flexibility index (Phi) is 2.78. The van der Waals surface area contributed by atoms with Crippen LogP contribution in [0.25, 0.3) is 0 Å². The summed E-state index contributed by atoms with van der Waals surface area (Å²) in [5.74, 6) is 2.40. The van der Waals surface area contributed by atoms with Crippen LogP contribution in [0.3, 0.4) is 0 Å². The molecule has 1 nitrogen and oxygen atoms in total. The van der Waals surface area contributed by atoms with Crippen molar-refractivity contribution in [3.63, 3.8) is 0 Å². The molecule has 0 aromatic heterocycles. The van der Waals surface area contributed by atoms with Gasteiger partial charge in [0.1, 0.15) is 0 Å². The van der Waals surface area contributed by atoms with Gasteiger partial charge in [-0.2, -0.15) is 0 Å². The van der Waals surface area contributed by atoms with Gasteiger partial charge in [-0.05, 0) is 0 Å². The van der Waals surface area contributed by atoms with E-state index in [1.807, 2.05) is 0 Å². The zero-order valence-electron chi connectivity index (χ0n) is 12.3. The Bertz CT molecular complexity index is 372. The average molecular weight is 327 g/mol. The molecule has 108 valence electrons. The molecule has 0 aromatic rings. The van der Waals surface area contributed by atoms with E-state index >= 15 is 0 Å². The second-order valence-electron chi connectivity index (χ2n) is 7.84. The molecule has 0 radical (unpaired) electrons. The minimum atomic E-state index is -0.256. The van der Waals surface area contributed by atoms with E-state index in [1.54, 1.807) is 0 Å². The van der Waals surface area contributed by atoms with Crippen molar-refractivity contribution < 1.29 is 5.11 Å². The van der Waals surface area contributed by atoms with Crippen LogP contribution in [0.4, 0.5) is 0 Å². The molecule has 0 bridgehead atoms. The first-order chi connectivity index (χ1) is 9.14. The van der Waals surface area contributed by atoms with Crippen molar-refractivity contribution in [2.24, 2.45) is 10.8 Å². The summed E-state index contributed by atoms with van der Waals surface area (Å²) in [6.45, 7) is 0. The van der Waals surface area contributed by atoms with E-state index in [-0.39, 0.29) is 5.60 Å². The molecule has 19 heavy (non-hydrogen) atoms.